The Morgan fingerprint density at radius 3 is 2.12 bits per heavy atom. The Kier molecular flexibility index (Phi) is 6.03. The Bertz CT molecular complexity index is 204. The molecule has 0 aliphatic heterocycles. The van der Waals surface area contributed by atoms with E-state index in [9.17, 15) is 0 Å². The predicted octanol–water partition coefficient (Wildman–Crippen LogP) is 6.06. The Hall–Kier alpha value is 0. The summed E-state index contributed by atoms with van der Waals surface area (Å²) >= 11 is 0. The summed E-state index contributed by atoms with van der Waals surface area (Å²) in [6.45, 7) is 12.2. The van der Waals surface area contributed by atoms with Crippen molar-refractivity contribution in [1.29, 1.82) is 0 Å². The molecule has 0 bridgehead atoms. The molecule has 102 valence electrons. The van der Waals surface area contributed by atoms with E-state index in [1.165, 1.54) is 51.4 Å². The lowest BCUT2D eigenvalue weighted by Gasteiger charge is -2.38. The Balaban J connectivity index is 2.53. The van der Waals surface area contributed by atoms with Gasteiger partial charge in [0.2, 0.25) is 0 Å². The first-order valence-electron chi connectivity index (χ1n) is 8.08. The first-order valence-corrected chi connectivity index (χ1v) is 8.08. The van der Waals surface area contributed by atoms with Crippen LogP contribution in [0.15, 0.2) is 0 Å². The second-order valence-corrected chi connectivity index (χ2v) is 6.66. The van der Waals surface area contributed by atoms with E-state index in [4.69, 9.17) is 0 Å². The maximum atomic E-state index is 2.58. The van der Waals surface area contributed by atoms with Gasteiger partial charge in [0, 0.05) is 0 Å². The third-order valence-electron chi connectivity index (χ3n) is 5.98. The molecule has 1 aliphatic rings. The standard InChI is InChI=1S/C17H34/c1-6-15(7-2)11-12-16(8-3)17(5)13-9-10-14(17)4/h14-16H,6-13H2,1-5H3. The maximum Gasteiger partial charge on any atom is -0.0272 e. The minimum absolute atomic E-state index is 0.654. The lowest BCUT2D eigenvalue weighted by molar-refractivity contribution is 0.113. The van der Waals surface area contributed by atoms with Crippen molar-refractivity contribution in [2.75, 3.05) is 0 Å². The van der Waals surface area contributed by atoms with E-state index in [2.05, 4.69) is 34.6 Å². The third-order valence-corrected chi connectivity index (χ3v) is 5.98. The van der Waals surface area contributed by atoms with Gasteiger partial charge in [-0.15, -0.1) is 0 Å². The summed E-state index contributed by atoms with van der Waals surface area (Å²) in [5, 5.41) is 0. The molecular formula is C17H34. The second-order valence-electron chi connectivity index (χ2n) is 6.66. The summed E-state index contributed by atoms with van der Waals surface area (Å²) in [5.41, 5.74) is 0.654. The van der Waals surface area contributed by atoms with E-state index in [1.54, 1.807) is 0 Å². The van der Waals surface area contributed by atoms with Gasteiger partial charge in [0.25, 0.3) is 0 Å². The molecule has 0 amide bonds. The van der Waals surface area contributed by atoms with Crippen molar-refractivity contribution < 1.29 is 0 Å². The van der Waals surface area contributed by atoms with Gasteiger partial charge in [0.1, 0.15) is 0 Å². The van der Waals surface area contributed by atoms with Crippen LogP contribution in [-0.4, -0.2) is 0 Å². The van der Waals surface area contributed by atoms with Gasteiger partial charge >= 0.3 is 0 Å². The zero-order valence-electron chi connectivity index (χ0n) is 12.9. The van der Waals surface area contributed by atoms with Crippen LogP contribution >= 0.6 is 0 Å². The van der Waals surface area contributed by atoms with Crippen LogP contribution in [0.1, 0.15) is 86.0 Å². The van der Waals surface area contributed by atoms with Crippen molar-refractivity contribution in [1.82, 2.24) is 0 Å². The quantitative estimate of drug-likeness (QED) is 0.506. The molecule has 3 atom stereocenters. The number of hydrogen-bond acceptors (Lipinski definition) is 0. The average molecular weight is 238 g/mol. The van der Waals surface area contributed by atoms with Crippen molar-refractivity contribution in [3.05, 3.63) is 0 Å². The summed E-state index contributed by atoms with van der Waals surface area (Å²) in [6, 6.07) is 0. The summed E-state index contributed by atoms with van der Waals surface area (Å²) < 4.78 is 0. The molecule has 0 radical (unpaired) electrons. The van der Waals surface area contributed by atoms with Crippen molar-refractivity contribution in [3.8, 4) is 0 Å². The summed E-state index contributed by atoms with van der Waals surface area (Å²) in [7, 11) is 0. The van der Waals surface area contributed by atoms with Crippen LogP contribution in [-0.2, 0) is 0 Å². The van der Waals surface area contributed by atoms with Crippen molar-refractivity contribution in [2.24, 2.45) is 23.2 Å². The van der Waals surface area contributed by atoms with Gasteiger partial charge in [-0.3, -0.25) is 0 Å². The van der Waals surface area contributed by atoms with Gasteiger partial charge < -0.3 is 0 Å². The Labute approximate surface area is 110 Å². The highest BCUT2D eigenvalue weighted by Crippen LogP contribution is 2.51. The normalized spacial score (nSPS) is 31.1. The fourth-order valence-electron chi connectivity index (χ4n) is 4.11. The zero-order valence-corrected chi connectivity index (χ0v) is 12.9. The second kappa shape index (κ2) is 6.81. The highest BCUT2D eigenvalue weighted by Gasteiger charge is 2.41. The van der Waals surface area contributed by atoms with Gasteiger partial charge in [-0.05, 0) is 36.0 Å². The lowest BCUT2D eigenvalue weighted by Crippen LogP contribution is -2.30. The summed E-state index contributed by atoms with van der Waals surface area (Å²) in [5.74, 6) is 2.90. The Morgan fingerprint density at radius 1 is 1.06 bits per heavy atom. The molecule has 0 aromatic heterocycles. The molecule has 1 aliphatic carbocycles. The smallest absolute Gasteiger partial charge is 0.0272 e. The van der Waals surface area contributed by atoms with E-state index in [-0.39, 0.29) is 0 Å². The summed E-state index contributed by atoms with van der Waals surface area (Å²) in [4.78, 5) is 0. The maximum absolute atomic E-state index is 2.58. The van der Waals surface area contributed by atoms with E-state index in [0.29, 0.717) is 5.41 Å². The molecule has 17 heavy (non-hydrogen) atoms. The van der Waals surface area contributed by atoms with Crippen LogP contribution in [0.5, 0.6) is 0 Å². The van der Waals surface area contributed by atoms with E-state index in [0.717, 1.165) is 17.8 Å². The molecule has 3 unspecified atom stereocenters. The molecule has 0 heterocycles. The monoisotopic (exact) mass is 238 g/mol. The highest BCUT2D eigenvalue weighted by atomic mass is 14.5. The number of hydrogen-bond donors (Lipinski definition) is 0. The van der Waals surface area contributed by atoms with E-state index in [1.807, 2.05) is 0 Å². The lowest BCUT2D eigenvalue weighted by atomic mass is 9.67. The molecular weight excluding hydrogens is 204 g/mol. The molecule has 0 aromatic rings. The minimum Gasteiger partial charge on any atom is -0.0651 e. The largest absolute Gasteiger partial charge is 0.0651 e. The first-order chi connectivity index (χ1) is 8.08. The van der Waals surface area contributed by atoms with E-state index >= 15 is 0 Å². The fraction of sp³-hybridized carbons (Fsp3) is 1.00. The van der Waals surface area contributed by atoms with Crippen LogP contribution in [0.25, 0.3) is 0 Å². The zero-order chi connectivity index (χ0) is 12.9. The van der Waals surface area contributed by atoms with E-state index < -0.39 is 0 Å². The van der Waals surface area contributed by atoms with Gasteiger partial charge in [-0.2, -0.15) is 0 Å². The van der Waals surface area contributed by atoms with Gasteiger partial charge in [-0.25, -0.2) is 0 Å². The van der Waals surface area contributed by atoms with Crippen LogP contribution in [0, 0.1) is 23.2 Å². The molecule has 1 fully saturated rings. The molecule has 0 N–H and O–H groups in total. The van der Waals surface area contributed by atoms with Crippen molar-refractivity contribution in [2.45, 2.75) is 86.0 Å². The average Bonchev–Trinajstić information content (AvgIpc) is 2.66. The molecule has 0 nitrogen and oxygen atoms in total. The van der Waals surface area contributed by atoms with Crippen LogP contribution in [0.3, 0.4) is 0 Å². The third kappa shape index (κ3) is 3.48. The predicted molar refractivity (Wildman–Crippen MR) is 78.2 cm³/mol. The topological polar surface area (TPSA) is 0 Å². The highest BCUT2D eigenvalue weighted by molar-refractivity contribution is 4.91. The Morgan fingerprint density at radius 2 is 1.71 bits per heavy atom. The molecule has 1 rings (SSSR count). The molecule has 0 spiro atoms. The minimum atomic E-state index is 0.654. The summed E-state index contributed by atoms with van der Waals surface area (Å²) in [6.07, 6.45) is 11.5. The van der Waals surface area contributed by atoms with Crippen molar-refractivity contribution in [3.63, 3.8) is 0 Å². The number of rotatable bonds is 7. The fourth-order valence-corrected chi connectivity index (χ4v) is 4.11. The van der Waals surface area contributed by atoms with Crippen LogP contribution in [0.4, 0.5) is 0 Å². The van der Waals surface area contributed by atoms with Gasteiger partial charge in [-0.1, -0.05) is 73.1 Å². The first kappa shape index (κ1) is 15.1. The molecule has 0 aromatic carbocycles. The van der Waals surface area contributed by atoms with Crippen LogP contribution < -0.4 is 0 Å². The SMILES string of the molecule is CCC(CC)CCC(CC)C1(C)CCCC1C. The molecule has 0 heteroatoms. The van der Waals surface area contributed by atoms with Gasteiger partial charge in [0.05, 0.1) is 0 Å². The molecule has 0 saturated heterocycles. The molecule has 1 saturated carbocycles. The van der Waals surface area contributed by atoms with Crippen molar-refractivity contribution >= 4 is 0 Å². The van der Waals surface area contributed by atoms with Crippen LogP contribution in [0.2, 0.25) is 0 Å². The van der Waals surface area contributed by atoms with Gasteiger partial charge in [0.15, 0.2) is 0 Å².